The standard InChI is InChI=1S/C15H14F2N2OS/c1-9-2-4-11(18)7-13(9)19-15(20)8-21-14-6-10(16)3-5-12(14)17/h2-7H,8,18H2,1H3,(H,19,20). The van der Waals surface area contributed by atoms with E-state index in [0.717, 1.165) is 35.5 Å². The summed E-state index contributed by atoms with van der Waals surface area (Å²) >= 11 is 0.940. The molecule has 2 aromatic rings. The van der Waals surface area contributed by atoms with Gasteiger partial charge in [0.25, 0.3) is 0 Å². The Labute approximate surface area is 125 Å². The van der Waals surface area contributed by atoms with E-state index in [4.69, 9.17) is 5.73 Å². The van der Waals surface area contributed by atoms with Crippen LogP contribution in [0.4, 0.5) is 20.2 Å². The van der Waals surface area contributed by atoms with E-state index < -0.39 is 11.6 Å². The molecule has 3 nitrogen and oxygen atoms in total. The average molecular weight is 308 g/mol. The van der Waals surface area contributed by atoms with Gasteiger partial charge in [0, 0.05) is 16.3 Å². The van der Waals surface area contributed by atoms with Crippen LogP contribution < -0.4 is 11.1 Å². The third kappa shape index (κ3) is 4.19. The Bertz CT molecular complexity index is 677. The highest BCUT2D eigenvalue weighted by atomic mass is 32.2. The number of anilines is 2. The normalized spacial score (nSPS) is 10.4. The average Bonchev–Trinajstić information content (AvgIpc) is 2.44. The summed E-state index contributed by atoms with van der Waals surface area (Å²) < 4.78 is 26.4. The van der Waals surface area contributed by atoms with Crippen LogP contribution in [0, 0.1) is 18.6 Å². The molecule has 1 amide bonds. The molecule has 0 spiro atoms. The fourth-order valence-electron chi connectivity index (χ4n) is 1.69. The molecule has 0 aliphatic carbocycles. The molecule has 0 aromatic heterocycles. The van der Waals surface area contributed by atoms with Crippen LogP contribution in [0.15, 0.2) is 41.3 Å². The summed E-state index contributed by atoms with van der Waals surface area (Å²) in [7, 11) is 0. The molecule has 3 N–H and O–H groups in total. The molecule has 0 aliphatic heterocycles. The lowest BCUT2D eigenvalue weighted by molar-refractivity contribution is -0.113. The summed E-state index contributed by atoms with van der Waals surface area (Å²) in [6.45, 7) is 1.84. The second-order valence-electron chi connectivity index (χ2n) is 4.49. The van der Waals surface area contributed by atoms with Crippen molar-refractivity contribution in [3.05, 3.63) is 53.6 Å². The van der Waals surface area contributed by atoms with Crippen LogP contribution >= 0.6 is 11.8 Å². The lowest BCUT2D eigenvalue weighted by Crippen LogP contribution is -2.15. The maximum Gasteiger partial charge on any atom is 0.234 e. The first kappa shape index (κ1) is 15.3. The van der Waals surface area contributed by atoms with Crippen molar-refractivity contribution in [3.8, 4) is 0 Å². The number of carbonyl (C=O) groups excluding carboxylic acids is 1. The molecule has 0 radical (unpaired) electrons. The number of rotatable bonds is 4. The summed E-state index contributed by atoms with van der Waals surface area (Å²) in [6, 6.07) is 8.33. The number of amides is 1. The molecule has 6 heteroatoms. The molecule has 2 aromatic carbocycles. The first-order valence-electron chi connectivity index (χ1n) is 6.19. The number of halogens is 2. The summed E-state index contributed by atoms with van der Waals surface area (Å²) in [6.07, 6.45) is 0. The molecule has 0 unspecified atom stereocenters. The first-order chi connectivity index (χ1) is 9.95. The van der Waals surface area contributed by atoms with Crippen LogP contribution in [0.2, 0.25) is 0 Å². The highest BCUT2D eigenvalue weighted by Gasteiger charge is 2.09. The first-order valence-corrected chi connectivity index (χ1v) is 7.18. The number of nitrogens with two attached hydrogens (primary N) is 1. The zero-order valence-corrected chi connectivity index (χ0v) is 12.1. The Morgan fingerprint density at radius 3 is 2.76 bits per heavy atom. The molecule has 2 rings (SSSR count). The maximum atomic E-state index is 13.4. The van der Waals surface area contributed by atoms with Gasteiger partial charge in [0.2, 0.25) is 5.91 Å². The van der Waals surface area contributed by atoms with E-state index >= 15 is 0 Å². The summed E-state index contributed by atoms with van der Waals surface area (Å²) in [4.78, 5) is 12.0. The summed E-state index contributed by atoms with van der Waals surface area (Å²) in [5.41, 5.74) is 7.68. The molecule has 21 heavy (non-hydrogen) atoms. The Balaban J connectivity index is 1.99. The maximum absolute atomic E-state index is 13.4. The van der Waals surface area contributed by atoms with E-state index in [2.05, 4.69) is 5.32 Å². The number of benzene rings is 2. The molecule has 0 fully saturated rings. The fraction of sp³-hybridized carbons (Fsp3) is 0.133. The van der Waals surface area contributed by atoms with Crippen LogP contribution in [0.1, 0.15) is 5.56 Å². The van der Waals surface area contributed by atoms with Gasteiger partial charge in [0.05, 0.1) is 5.75 Å². The SMILES string of the molecule is Cc1ccc(N)cc1NC(=O)CSc1cc(F)ccc1F. The molecular formula is C15H14F2N2OS. The third-order valence-corrected chi connectivity index (χ3v) is 3.82. The number of aryl methyl sites for hydroxylation is 1. The van der Waals surface area contributed by atoms with Gasteiger partial charge in [-0.2, -0.15) is 0 Å². The Morgan fingerprint density at radius 1 is 1.24 bits per heavy atom. The molecule has 110 valence electrons. The van der Waals surface area contributed by atoms with E-state index in [1.165, 1.54) is 0 Å². The van der Waals surface area contributed by atoms with E-state index in [-0.39, 0.29) is 16.6 Å². The lowest BCUT2D eigenvalue weighted by Gasteiger charge is -2.09. The number of nitrogens with one attached hydrogen (secondary N) is 1. The van der Waals surface area contributed by atoms with Crippen molar-refractivity contribution in [3.63, 3.8) is 0 Å². The van der Waals surface area contributed by atoms with E-state index in [1.807, 2.05) is 6.92 Å². The van der Waals surface area contributed by atoms with Crippen molar-refractivity contribution in [2.75, 3.05) is 16.8 Å². The largest absolute Gasteiger partial charge is 0.399 e. The molecule has 0 saturated heterocycles. The number of hydrogen-bond donors (Lipinski definition) is 2. The highest BCUT2D eigenvalue weighted by molar-refractivity contribution is 8.00. The minimum absolute atomic E-state index is 0.0192. The van der Waals surface area contributed by atoms with E-state index in [0.29, 0.717) is 11.4 Å². The van der Waals surface area contributed by atoms with Gasteiger partial charge in [0.1, 0.15) is 11.6 Å². The predicted molar refractivity (Wildman–Crippen MR) is 81.3 cm³/mol. The number of thioether (sulfide) groups is 1. The van der Waals surface area contributed by atoms with Crippen LogP contribution in [0.25, 0.3) is 0 Å². The zero-order chi connectivity index (χ0) is 15.4. The van der Waals surface area contributed by atoms with Crippen LogP contribution in [-0.2, 0) is 4.79 Å². The number of nitrogen functional groups attached to an aromatic ring is 1. The summed E-state index contributed by atoms with van der Waals surface area (Å²) in [5, 5.41) is 2.70. The van der Waals surface area contributed by atoms with Gasteiger partial charge in [-0.05, 0) is 42.8 Å². The van der Waals surface area contributed by atoms with Gasteiger partial charge in [-0.1, -0.05) is 6.07 Å². The van der Waals surface area contributed by atoms with Crippen molar-refractivity contribution >= 4 is 29.0 Å². The quantitative estimate of drug-likeness (QED) is 0.670. The number of hydrogen-bond acceptors (Lipinski definition) is 3. The monoisotopic (exact) mass is 308 g/mol. The smallest absolute Gasteiger partial charge is 0.234 e. The Hall–Kier alpha value is -2.08. The lowest BCUT2D eigenvalue weighted by atomic mass is 10.2. The Morgan fingerprint density at radius 2 is 2.00 bits per heavy atom. The van der Waals surface area contributed by atoms with Crippen LogP contribution in [0.3, 0.4) is 0 Å². The van der Waals surface area contributed by atoms with Gasteiger partial charge < -0.3 is 11.1 Å². The molecule has 0 aliphatic rings. The van der Waals surface area contributed by atoms with Gasteiger partial charge in [-0.15, -0.1) is 11.8 Å². The Kier molecular flexibility index (Phi) is 4.80. The summed E-state index contributed by atoms with van der Waals surface area (Å²) in [5.74, 6) is -1.41. The van der Waals surface area contributed by atoms with E-state index in [1.54, 1.807) is 18.2 Å². The van der Waals surface area contributed by atoms with Crippen LogP contribution in [0.5, 0.6) is 0 Å². The zero-order valence-electron chi connectivity index (χ0n) is 11.3. The molecule has 0 heterocycles. The fourth-order valence-corrected chi connectivity index (χ4v) is 2.45. The minimum atomic E-state index is -0.547. The van der Waals surface area contributed by atoms with Crippen molar-refractivity contribution in [2.24, 2.45) is 0 Å². The van der Waals surface area contributed by atoms with Crippen molar-refractivity contribution in [1.29, 1.82) is 0 Å². The van der Waals surface area contributed by atoms with Crippen LogP contribution in [-0.4, -0.2) is 11.7 Å². The van der Waals surface area contributed by atoms with Gasteiger partial charge in [-0.3, -0.25) is 4.79 Å². The highest BCUT2D eigenvalue weighted by Crippen LogP contribution is 2.23. The van der Waals surface area contributed by atoms with E-state index in [9.17, 15) is 13.6 Å². The van der Waals surface area contributed by atoms with Crippen molar-refractivity contribution in [2.45, 2.75) is 11.8 Å². The van der Waals surface area contributed by atoms with Crippen molar-refractivity contribution in [1.82, 2.24) is 0 Å². The molecule has 0 saturated carbocycles. The third-order valence-electron chi connectivity index (χ3n) is 2.79. The molecule has 0 bridgehead atoms. The molecular weight excluding hydrogens is 294 g/mol. The van der Waals surface area contributed by atoms with Gasteiger partial charge >= 0.3 is 0 Å². The predicted octanol–water partition coefficient (Wildman–Crippen LogP) is 3.59. The van der Waals surface area contributed by atoms with Gasteiger partial charge in [0.15, 0.2) is 0 Å². The molecule has 0 atom stereocenters. The topological polar surface area (TPSA) is 55.1 Å². The number of carbonyl (C=O) groups is 1. The second-order valence-corrected chi connectivity index (χ2v) is 5.50. The minimum Gasteiger partial charge on any atom is -0.399 e. The van der Waals surface area contributed by atoms with Crippen molar-refractivity contribution < 1.29 is 13.6 Å². The second kappa shape index (κ2) is 6.58. The van der Waals surface area contributed by atoms with Gasteiger partial charge in [-0.25, -0.2) is 8.78 Å².